The Kier molecular flexibility index (Phi) is 11.7. The van der Waals surface area contributed by atoms with Crippen LogP contribution in [0, 0.1) is 11.8 Å². The van der Waals surface area contributed by atoms with Crippen molar-refractivity contribution in [3.63, 3.8) is 0 Å². The highest BCUT2D eigenvalue weighted by Gasteiger charge is 2.39. The van der Waals surface area contributed by atoms with Crippen LogP contribution in [0.3, 0.4) is 0 Å². The van der Waals surface area contributed by atoms with E-state index in [0.717, 1.165) is 6.42 Å². The molecule has 0 aromatic carbocycles. The Morgan fingerprint density at radius 2 is 1.81 bits per heavy atom. The number of carboxylic acids is 1. The average Bonchev–Trinajstić information content (AvgIpc) is 2.88. The number of aliphatic carboxylic acids is 1. The lowest BCUT2D eigenvalue weighted by Gasteiger charge is -2.19. The van der Waals surface area contributed by atoms with E-state index in [4.69, 9.17) is 5.11 Å². The van der Waals surface area contributed by atoms with Gasteiger partial charge < -0.3 is 20.4 Å². The predicted molar refractivity (Wildman–Crippen MR) is 107 cm³/mol. The minimum atomic E-state index is -0.797. The minimum Gasteiger partial charge on any atom is -0.481 e. The summed E-state index contributed by atoms with van der Waals surface area (Å²) in [5, 5.41) is 39.0. The van der Waals surface area contributed by atoms with Gasteiger partial charge in [0, 0.05) is 18.8 Å². The summed E-state index contributed by atoms with van der Waals surface area (Å²) in [6, 6.07) is 0. The molecule has 5 atom stereocenters. The Labute approximate surface area is 162 Å². The number of carboxylic acid groups (broad SMARTS) is 1. The highest BCUT2D eigenvalue weighted by molar-refractivity contribution is 5.66. The topological polar surface area (TPSA) is 98.0 Å². The lowest BCUT2D eigenvalue weighted by Crippen LogP contribution is -2.20. The van der Waals surface area contributed by atoms with Crippen molar-refractivity contribution in [1.82, 2.24) is 0 Å². The molecule has 27 heavy (non-hydrogen) atoms. The van der Waals surface area contributed by atoms with Gasteiger partial charge in [0.25, 0.3) is 0 Å². The van der Waals surface area contributed by atoms with E-state index >= 15 is 0 Å². The molecule has 0 radical (unpaired) electrons. The Bertz CT molecular complexity index is 535. The van der Waals surface area contributed by atoms with Gasteiger partial charge in [0.15, 0.2) is 0 Å². The van der Waals surface area contributed by atoms with Crippen molar-refractivity contribution in [2.24, 2.45) is 11.8 Å². The fourth-order valence-corrected chi connectivity index (χ4v) is 3.29. The molecule has 0 aromatic heterocycles. The number of aliphatic hydroxyl groups is 3. The van der Waals surface area contributed by atoms with E-state index in [0.29, 0.717) is 32.1 Å². The van der Waals surface area contributed by atoms with Crippen molar-refractivity contribution in [3.8, 4) is 0 Å². The van der Waals surface area contributed by atoms with Crippen LogP contribution in [0.1, 0.15) is 51.9 Å². The molecule has 0 saturated heterocycles. The molecule has 5 heteroatoms. The van der Waals surface area contributed by atoms with Gasteiger partial charge in [-0.2, -0.15) is 0 Å². The molecule has 1 aliphatic rings. The van der Waals surface area contributed by atoms with Crippen molar-refractivity contribution >= 4 is 5.97 Å². The third-order valence-corrected chi connectivity index (χ3v) is 4.79. The van der Waals surface area contributed by atoms with Crippen molar-refractivity contribution in [2.45, 2.75) is 70.2 Å². The van der Waals surface area contributed by atoms with Gasteiger partial charge in [0.1, 0.15) is 0 Å². The monoisotopic (exact) mass is 378 g/mol. The van der Waals surface area contributed by atoms with E-state index in [1.54, 1.807) is 6.08 Å². The second-order valence-electron chi connectivity index (χ2n) is 7.03. The van der Waals surface area contributed by atoms with Crippen LogP contribution in [0.2, 0.25) is 0 Å². The first kappa shape index (κ1) is 23.3. The van der Waals surface area contributed by atoms with Crippen LogP contribution in [0.15, 0.2) is 48.6 Å². The molecule has 0 heterocycles. The largest absolute Gasteiger partial charge is 0.481 e. The molecule has 1 fully saturated rings. The lowest BCUT2D eigenvalue weighted by molar-refractivity contribution is -0.136. The van der Waals surface area contributed by atoms with Gasteiger partial charge in [-0.1, -0.05) is 55.5 Å². The van der Waals surface area contributed by atoms with Crippen LogP contribution < -0.4 is 0 Å². The van der Waals surface area contributed by atoms with Gasteiger partial charge in [-0.25, -0.2) is 0 Å². The zero-order chi connectivity index (χ0) is 20.1. The smallest absolute Gasteiger partial charge is 0.303 e. The number of aliphatic hydroxyl groups excluding tert-OH is 3. The maximum absolute atomic E-state index is 10.4. The zero-order valence-corrected chi connectivity index (χ0v) is 16.2. The first-order valence-electron chi connectivity index (χ1n) is 9.85. The fourth-order valence-electron chi connectivity index (χ4n) is 3.29. The first-order chi connectivity index (χ1) is 13.0. The van der Waals surface area contributed by atoms with Crippen LogP contribution in [-0.4, -0.2) is 44.7 Å². The summed E-state index contributed by atoms with van der Waals surface area (Å²) in [7, 11) is 0. The van der Waals surface area contributed by atoms with Gasteiger partial charge >= 0.3 is 5.97 Å². The van der Waals surface area contributed by atoms with Gasteiger partial charge in [0.05, 0.1) is 18.3 Å². The van der Waals surface area contributed by atoms with E-state index in [-0.39, 0.29) is 18.3 Å². The Balaban J connectivity index is 2.47. The minimum absolute atomic E-state index is 0.0677. The maximum atomic E-state index is 10.4. The molecule has 0 aromatic rings. The second kappa shape index (κ2) is 13.5. The summed E-state index contributed by atoms with van der Waals surface area (Å²) in [5.41, 5.74) is 0. The SMILES string of the molecule is CC/C=C\C[C@@H](O)/C=C/[C@H]1[C@H](C/C=C\C/C=C\CCC(=O)O)[C@@H](O)C[C@H]1O. The quantitative estimate of drug-likeness (QED) is 0.390. The predicted octanol–water partition coefficient (Wildman–Crippen LogP) is 3.38. The number of allylic oxidation sites excluding steroid dienone is 5. The highest BCUT2D eigenvalue weighted by Crippen LogP contribution is 2.36. The Hall–Kier alpha value is -1.69. The normalized spacial score (nSPS) is 27.6. The summed E-state index contributed by atoms with van der Waals surface area (Å²) in [6.07, 6.45) is 17.4. The molecular formula is C22H34O5. The average molecular weight is 379 g/mol. The number of hydrogen-bond acceptors (Lipinski definition) is 4. The highest BCUT2D eigenvalue weighted by atomic mass is 16.4. The van der Waals surface area contributed by atoms with Gasteiger partial charge in [0.2, 0.25) is 0 Å². The molecule has 0 unspecified atom stereocenters. The molecule has 0 bridgehead atoms. The van der Waals surface area contributed by atoms with Crippen molar-refractivity contribution in [3.05, 3.63) is 48.6 Å². The summed E-state index contributed by atoms with van der Waals surface area (Å²) in [6.45, 7) is 2.04. The van der Waals surface area contributed by atoms with E-state index in [2.05, 4.69) is 0 Å². The molecule has 1 aliphatic carbocycles. The van der Waals surface area contributed by atoms with Crippen LogP contribution in [0.5, 0.6) is 0 Å². The molecule has 1 saturated carbocycles. The molecule has 1 rings (SSSR count). The Morgan fingerprint density at radius 3 is 2.52 bits per heavy atom. The van der Waals surface area contributed by atoms with E-state index < -0.39 is 24.3 Å². The second-order valence-corrected chi connectivity index (χ2v) is 7.03. The summed E-state index contributed by atoms with van der Waals surface area (Å²) < 4.78 is 0. The molecule has 0 aliphatic heterocycles. The van der Waals surface area contributed by atoms with E-state index in [1.807, 2.05) is 49.5 Å². The summed E-state index contributed by atoms with van der Waals surface area (Å²) in [5.74, 6) is -1.03. The van der Waals surface area contributed by atoms with E-state index in [1.165, 1.54) is 0 Å². The molecule has 0 amide bonds. The first-order valence-corrected chi connectivity index (χ1v) is 9.85. The number of rotatable bonds is 12. The van der Waals surface area contributed by atoms with Gasteiger partial charge in [-0.3, -0.25) is 4.79 Å². The Morgan fingerprint density at radius 1 is 1.07 bits per heavy atom. The summed E-state index contributed by atoms with van der Waals surface area (Å²) in [4.78, 5) is 10.4. The van der Waals surface area contributed by atoms with Crippen molar-refractivity contribution < 1.29 is 25.2 Å². The summed E-state index contributed by atoms with van der Waals surface area (Å²) >= 11 is 0. The van der Waals surface area contributed by atoms with E-state index in [9.17, 15) is 20.1 Å². The van der Waals surface area contributed by atoms with Crippen LogP contribution in [0.4, 0.5) is 0 Å². The van der Waals surface area contributed by atoms with Crippen LogP contribution in [-0.2, 0) is 4.79 Å². The number of hydrogen-bond donors (Lipinski definition) is 4. The number of carbonyl (C=O) groups is 1. The van der Waals surface area contributed by atoms with Crippen LogP contribution >= 0.6 is 0 Å². The molecule has 4 N–H and O–H groups in total. The fraction of sp³-hybridized carbons (Fsp3) is 0.591. The lowest BCUT2D eigenvalue weighted by atomic mass is 9.89. The standard InChI is InChI=1S/C22H34O5/c1-2-3-8-11-17(23)14-15-19-18(20(24)16-21(19)25)12-9-6-4-5-7-10-13-22(26)27/h3,5-9,14-15,17-21,23-25H,2,4,10-13,16H2,1H3,(H,26,27)/b7-5-,8-3-,9-6-,15-14+/t17-,18+,19+,20+,21-/m1/s1. The van der Waals surface area contributed by atoms with Crippen molar-refractivity contribution in [2.75, 3.05) is 0 Å². The molecule has 5 nitrogen and oxygen atoms in total. The van der Waals surface area contributed by atoms with Gasteiger partial charge in [-0.15, -0.1) is 0 Å². The maximum Gasteiger partial charge on any atom is 0.303 e. The van der Waals surface area contributed by atoms with Crippen molar-refractivity contribution in [1.29, 1.82) is 0 Å². The molecule has 152 valence electrons. The zero-order valence-electron chi connectivity index (χ0n) is 16.2. The van der Waals surface area contributed by atoms with Crippen LogP contribution in [0.25, 0.3) is 0 Å². The molecular weight excluding hydrogens is 344 g/mol. The third-order valence-electron chi connectivity index (χ3n) is 4.79. The molecule has 0 spiro atoms. The van der Waals surface area contributed by atoms with Gasteiger partial charge in [-0.05, 0) is 38.0 Å². The third kappa shape index (κ3) is 9.70.